The number of fused-ring (bicyclic) bond motifs is 4. The minimum absolute atomic E-state index is 0.0497. The van der Waals surface area contributed by atoms with Crippen LogP contribution in [0.3, 0.4) is 0 Å². The molecule has 0 fully saturated rings. The summed E-state index contributed by atoms with van der Waals surface area (Å²) in [6, 6.07) is 9.23. The summed E-state index contributed by atoms with van der Waals surface area (Å²) in [5.41, 5.74) is 0.702. The van der Waals surface area contributed by atoms with Crippen LogP contribution in [0.5, 0.6) is 5.75 Å². The highest BCUT2D eigenvalue weighted by Gasteiger charge is 2.54. The zero-order valence-electron chi connectivity index (χ0n) is 10.2. The monoisotopic (exact) mass is 273 g/mol. The van der Waals surface area contributed by atoms with Crippen LogP contribution in [-0.2, 0) is 10.2 Å². The van der Waals surface area contributed by atoms with E-state index >= 15 is 0 Å². The normalized spacial score (nSPS) is 22.4. The Hall–Kier alpha value is -2.43. The molecule has 0 aromatic heterocycles. The van der Waals surface area contributed by atoms with Gasteiger partial charge in [0.2, 0.25) is 5.91 Å². The molecule has 1 unspecified atom stereocenters. The van der Waals surface area contributed by atoms with Crippen molar-refractivity contribution in [2.24, 2.45) is 0 Å². The lowest BCUT2D eigenvalue weighted by Crippen LogP contribution is -2.37. The van der Waals surface area contributed by atoms with Gasteiger partial charge in [-0.05, 0) is 17.7 Å². The fourth-order valence-electron chi connectivity index (χ4n) is 2.97. The Labute approximate surface area is 113 Å². The number of nitrogens with one attached hydrogen (secondary N) is 1. The first-order valence-electron chi connectivity index (χ1n) is 6.16. The van der Waals surface area contributed by atoms with E-state index in [4.69, 9.17) is 4.74 Å². The van der Waals surface area contributed by atoms with E-state index in [9.17, 15) is 13.6 Å². The van der Waals surface area contributed by atoms with Gasteiger partial charge in [0.05, 0.1) is 0 Å². The van der Waals surface area contributed by atoms with Crippen molar-refractivity contribution < 1.29 is 18.3 Å². The Bertz CT molecular complexity index is 760. The Morgan fingerprint density at radius 2 is 1.85 bits per heavy atom. The van der Waals surface area contributed by atoms with Gasteiger partial charge in [-0.3, -0.25) is 4.79 Å². The molecule has 3 nitrogen and oxygen atoms in total. The van der Waals surface area contributed by atoms with E-state index in [-0.39, 0.29) is 18.3 Å². The summed E-state index contributed by atoms with van der Waals surface area (Å²) in [6.45, 7) is 0.0497. The lowest BCUT2D eigenvalue weighted by molar-refractivity contribution is -0.119. The Kier molecular flexibility index (Phi) is 2.03. The zero-order valence-corrected chi connectivity index (χ0v) is 10.2. The maximum absolute atomic E-state index is 13.6. The van der Waals surface area contributed by atoms with Gasteiger partial charge in [-0.15, -0.1) is 0 Å². The van der Waals surface area contributed by atoms with Gasteiger partial charge in [0.15, 0.2) is 11.6 Å². The number of rotatable bonds is 0. The SMILES string of the molecule is O=C1Nc2ccccc2C12COc1cc(F)c(F)cc12. The number of hydrogen-bond donors (Lipinski definition) is 1. The molecule has 20 heavy (non-hydrogen) atoms. The molecule has 2 aromatic rings. The number of carbonyl (C=O) groups excluding carboxylic acids is 1. The third-order valence-electron chi connectivity index (χ3n) is 3.95. The van der Waals surface area contributed by atoms with Crippen molar-refractivity contribution in [3.63, 3.8) is 0 Å². The van der Waals surface area contributed by atoms with Gasteiger partial charge >= 0.3 is 0 Å². The summed E-state index contributed by atoms with van der Waals surface area (Å²) in [6.07, 6.45) is 0. The van der Waals surface area contributed by atoms with Crippen molar-refractivity contribution in [2.45, 2.75) is 5.41 Å². The van der Waals surface area contributed by atoms with E-state index in [0.717, 1.165) is 17.7 Å². The fraction of sp³-hybridized carbons (Fsp3) is 0.133. The van der Waals surface area contributed by atoms with Crippen molar-refractivity contribution in [3.05, 3.63) is 59.2 Å². The molecule has 1 spiro atoms. The molecule has 2 heterocycles. The average molecular weight is 273 g/mol. The topological polar surface area (TPSA) is 38.3 Å². The Morgan fingerprint density at radius 3 is 2.70 bits per heavy atom. The lowest BCUT2D eigenvalue weighted by atomic mass is 9.77. The van der Waals surface area contributed by atoms with Crippen LogP contribution in [0, 0.1) is 11.6 Å². The quantitative estimate of drug-likeness (QED) is 0.801. The minimum atomic E-state index is -1.08. The van der Waals surface area contributed by atoms with Crippen LogP contribution in [0.2, 0.25) is 0 Å². The van der Waals surface area contributed by atoms with Crippen LogP contribution in [0.4, 0.5) is 14.5 Å². The summed E-state index contributed by atoms with van der Waals surface area (Å²) in [5.74, 6) is -2.02. The van der Waals surface area contributed by atoms with Gasteiger partial charge in [-0.25, -0.2) is 8.78 Å². The molecule has 0 saturated carbocycles. The molecular weight excluding hydrogens is 264 g/mol. The third-order valence-corrected chi connectivity index (χ3v) is 3.95. The first-order chi connectivity index (χ1) is 9.63. The predicted molar refractivity (Wildman–Crippen MR) is 67.7 cm³/mol. The Balaban J connectivity index is 2.02. The standard InChI is InChI=1S/C15H9F2NO2/c16-10-5-9-13(6-11(10)17)20-7-15(9)8-3-1-2-4-12(8)18-14(15)19/h1-6H,7H2,(H,18,19). The first-order valence-corrected chi connectivity index (χ1v) is 6.16. The summed E-state index contributed by atoms with van der Waals surface area (Å²) in [4.78, 5) is 12.4. The summed E-state index contributed by atoms with van der Waals surface area (Å²) >= 11 is 0. The molecule has 2 aromatic carbocycles. The number of para-hydroxylation sites is 1. The molecule has 0 saturated heterocycles. The molecule has 4 rings (SSSR count). The van der Waals surface area contributed by atoms with Crippen molar-refractivity contribution in [3.8, 4) is 5.75 Å². The second kappa shape index (κ2) is 3.56. The van der Waals surface area contributed by atoms with E-state index in [1.807, 2.05) is 0 Å². The molecule has 2 aliphatic heterocycles. The van der Waals surface area contributed by atoms with Crippen molar-refractivity contribution in [1.82, 2.24) is 0 Å². The smallest absolute Gasteiger partial charge is 0.243 e. The summed E-state index contributed by atoms with van der Waals surface area (Å²) in [7, 11) is 0. The largest absolute Gasteiger partial charge is 0.491 e. The molecular formula is C15H9F2NO2. The second-order valence-electron chi connectivity index (χ2n) is 4.96. The minimum Gasteiger partial charge on any atom is -0.491 e. The van der Waals surface area contributed by atoms with Crippen LogP contribution < -0.4 is 10.1 Å². The Morgan fingerprint density at radius 1 is 1.10 bits per heavy atom. The maximum atomic E-state index is 13.6. The van der Waals surface area contributed by atoms with E-state index in [1.165, 1.54) is 0 Å². The lowest BCUT2D eigenvalue weighted by Gasteiger charge is -2.19. The highest BCUT2D eigenvalue weighted by molar-refractivity contribution is 6.09. The number of halogens is 2. The number of ether oxygens (including phenoxy) is 1. The van der Waals surface area contributed by atoms with Gasteiger partial charge in [-0.1, -0.05) is 18.2 Å². The van der Waals surface area contributed by atoms with Crippen LogP contribution in [-0.4, -0.2) is 12.5 Å². The van der Waals surface area contributed by atoms with Crippen molar-refractivity contribution >= 4 is 11.6 Å². The van der Waals surface area contributed by atoms with E-state index < -0.39 is 17.0 Å². The van der Waals surface area contributed by atoms with Crippen molar-refractivity contribution in [1.29, 1.82) is 0 Å². The number of amides is 1. The highest BCUT2D eigenvalue weighted by atomic mass is 19.2. The molecule has 2 aliphatic rings. The van der Waals surface area contributed by atoms with Crippen LogP contribution >= 0.6 is 0 Å². The summed E-state index contributed by atoms with van der Waals surface area (Å²) < 4.78 is 32.3. The van der Waals surface area contributed by atoms with Gasteiger partial charge in [-0.2, -0.15) is 0 Å². The molecule has 100 valence electrons. The van der Waals surface area contributed by atoms with Gasteiger partial charge in [0, 0.05) is 17.3 Å². The predicted octanol–water partition coefficient (Wildman–Crippen LogP) is 2.60. The van der Waals surface area contributed by atoms with Crippen molar-refractivity contribution in [2.75, 3.05) is 11.9 Å². The molecule has 5 heteroatoms. The van der Waals surface area contributed by atoms with E-state index in [2.05, 4.69) is 5.32 Å². The van der Waals surface area contributed by atoms with E-state index in [0.29, 0.717) is 11.3 Å². The third kappa shape index (κ3) is 1.20. The number of anilines is 1. The van der Waals surface area contributed by atoms with Gasteiger partial charge in [0.25, 0.3) is 0 Å². The number of carbonyl (C=O) groups is 1. The molecule has 0 aliphatic carbocycles. The maximum Gasteiger partial charge on any atom is 0.243 e. The molecule has 0 radical (unpaired) electrons. The second-order valence-corrected chi connectivity index (χ2v) is 4.96. The van der Waals surface area contributed by atoms with Gasteiger partial charge in [0.1, 0.15) is 17.8 Å². The van der Waals surface area contributed by atoms with Crippen LogP contribution in [0.15, 0.2) is 36.4 Å². The van der Waals surface area contributed by atoms with Crippen LogP contribution in [0.1, 0.15) is 11.1 Å². The molecule has 1 N–H and O–H groups in total. The highest BCUT2D eigenvalue weighted by Crippen LogP contribution is 2.50. The molecule has 1 atom stereocenters. The first kappa shape index (κ1) is 11.4. The van der Waals surface area contributed by atoms with Gasteiger partial charge < -0.3 is 10.1 Å². The fourth-order valence-corrected chi connectivity index (χ4v) is 2.97. The zero-order chi connectivity index (χ0) is 13.9. The number of benzene rings is 2. The molecule has 0 bridgehead atoms. The summed E-state index contributed by atoms with van der Waals surface area (Å²) in [5, 5.41) is 2.77. The molecule has 1 amide bonds. The number of hydrogen-bond acceptors (Lipinski definition) is 2. The average Bonchev–Trinajstić information content (AvgIpc) is 2.93. The van der Waals surface area contributed by atoms with E-state index in [1.54, 1.807) is 24.3 Å². The van der Waals surface area contributed by atoms with Crippen LogP contribution in [0.25, 0.3) is 0 Å².